The number of nitrogens with one attached hydrogen (secondary N) is 1. The highest BCUT2D eigenvalue weighted by Crippen LogP contribution is 2.29. The van der Waals surface area contributed by atoms with Crippen molar-refractivity contribution in [3.05, 3.63) is 72.0 Å². The first-order valence-electron chi connectivity index (χ1n) is 9.29. The summed E-state index contributed by atoms with van der Waals surface area (Å²) < 4.78 is 6.06. The predicted octanol–water partition coefficient (Wildman–Crippen LogP) is 4.96. The van der Waals surface area contributed by atoms with Crippen LogP contribution in [0.3, 0.4) is 0 Å². The molecular formula is C22H24N2O2. The first-order valence-corrected chi connectivity index (χ1v) is 9.29. The van der Waals surface area contributed by atoms with E-state index in [-0.39, 0.29) is 12.1 Å². The molecule has 0 bridgehead atoms. The van der Waals surface area contributed by atoms with E-state index in [1.807, 2.05) is 65.6 Å². The number of hydrogen-bond donors (Lipinski definition) is 1. The van der Waals surface area contributed by atoms with Gasteiger partial charge in [0.15, 0.2) is 0 Å². The lowest BCUT2D eigenvalue weighted by atomic mass is 10.0. The summed E-state index contributed by atoms with van der Waals surface area (Å²) in [7, 11) is 0. The lowest BCUT2D eigenvalue weighted by molar-refractivity contribution is 0.167. The Hall–Kier alpha value is -2.75. The van der Waals surface area contributed by atoms with Gasteiger partial charge in [0, 0.05) is 18.5 Å². The average molecular weight is 348 g/mol. The van der Waals surface area contributed by atoms with Crippen LogP contribution < -0.4 is 5.32 Å². The second-order valence-corrected chi connectivity index (χ2v) is 7.17. The summed E-state index contributed by atoms with van der Waals surface area (Å²) in [6, 6.07) is 19.6. The molecule has 1 aliphatic rings. The van der Waals surface area contributed by atoms with Gasteiger partial charge in [0.05, 0.1) is 0 Å². The van der Waals surface area contributed by atoms with Crippen molar-refractivity contribution in [3.63, 3.8) is 0 Å². The molecule has 1 fully saturated rings. The summed E-state index contributed by atoms with van der Waals surface area (Å²) in [6.45, 7) is 3.83. The molecule has 1 aromatic heterocycles. The SMILES string of the molecule is C[C@H]1CCCN(C(=O)N[C@@H](c2ccccc2)c2cc3ccccc3o2)C1. The van der Waals surface area contributed by atoms with Crippen LogP contribution in [-0.2, 0) is 0 Å². The fourth-order valence-electron chi connectivity index (χ4n) is 3.70. The van der Waals surface area contributed by atoms with E-state index < -0.39 is 0 Å². The smallest absolute Gasteiger partial charge is 0.318 e. The first kappa shape index (κ1) is 16.7. The van der Waals surface area contributed by atoms with Crippen molar-refractivity contribution in [3.8, 4) is 0 Å². The minimum Gasteiger partial charge on any atom is -0.459 e. The molecule has 2 aromatic carbocycles. The minimum absolute atomic E-state index is 0.0224. The van der Waals surface area contributed by atoms with Crippen LogP contribution in [0.25, 0.3) is 11.0 Å². The molecule has 0 spiro atoms. The topological polar surface area (TPSA) is 45.5 Å². The van der Waals surface area contributed by atoms with Gasteiger partial charge in [-0.25, -0.2) is 4.79 Å². The minimum atomic E-state index is -0.298. The highest BCUT2D eigenvalue weighted by Gasteiger charge is 2.26. The molecule has 1 aliphatic heterocycles. The lowest BCUT2D eigenvalue weighted by Crippen LogP contribution is -2.46. The number of hydrogen-bond acceptors (Lipinski definition) is 2. The number of fused-ring (bicyclic) bond motifs is 1. The Kier molecular flexibility index (Phi) is 4.65. The predicted molar refractivity (Wildman–Crippen MR) is 103 cm³/mol. The summed E-state index contributed by atoms with van der Waals surface area (Å²) >= 11 is 0. The van der Waals surface area contributed by atoms with E-state index in [0.29, 0.717) is 5.92 Å². The molecule has 0 unspecified atom stereocenters. The number of piperidine rings is 1. The number of amides is 2. The number of carbonyl (C=O) groups excluding carboxylic acids is 1. The van der Waals surface area contributed by atoms with Crippen molar-refractivity contribution in [2.45, 2.75) is 25.8 Å². The van der Waals surface area contributed by atoms with Gasteiger partial charge in [-0.15, -0.1) is 0 Å². The molecular weight excluding hydrogens is 324 g/mol. The van der Waals surface area contributed by atoms with E-state index in [1.54, 1.807) is 0 Å². The molecule has 1 N–H and O–H groups in total. The maximum Gasteiger partial charge on any atom is 0.318 e. The zero-order valence-electron chi connectivity index (χ0n) is 15.0. The van der Waals surface area contributed by atoms with E-state index >= 15 is 0 Å². The van der Waals surface area contributed by atoms with Gasteiger partial charge in [-0.3, -0.25) is 0 Å². The number of benzene rings is 2. The van der Waals surface area contributed by atoms with E-state index in [4.69, 9.17) is 4.42 Å². The summed E-state index contributed by atoms with van der Waals surface area (Å²) in [4.78, 5) is 14.8. The quantitative estimate of drug-likeness (QED) is 0.727. The fraction of sp³-hybridized carbons (Fsp3) is 0.318. The van der Waals surface area contributed by atoms with Gasteiger partial charge in [0.2, 0.25) is 0 Å². The number of likely N-dealkylation sites (tertiary alicyclic amines) is 1. The summed E-state index contributed by atoms with van der Waals surface area (Å²) in [5.74, 6) is 1.31. The third-order valence-electron chi connectivity index (χ3n) is 5.07. The Morgan fingerprint density at radius 1 is 1.15 bits per heavy atom. The molecule has 1 saturated heterocycles. The molecule has 4 nitrogen and oxygen atoms in total. The van der Waals surface area contributed by atoms with Gasteiger partial charge < -0.3 is 14.6 Å². The van der Waals surface area contributed by atoms with Crippen LogP contribution in [0, 0.1) is 5.92 Å². The number of para-hydroxylation sites is 1. The molecule has 4 heteroatoms. The van der Waals surface area contributed by atoms with Crippen molar-refractivity contribution in [1.29, 1.82) is 0 Å². The number of furan rings is 1. The zero-order valence-corrected chi connectivity index (χ0v) is 15.0. The zero-order chi connectivity index (χ0) is 17.9. The largest absolute Gasteiger partial charge is 0.459 e. The van der Waals surface area contributed by atoms with Gasteiger partial charge in [-0.2, -0.15) is 0 Å². The summed E-state index contributed by atoms with van der Waals surface area (Å²) in [5.41, 5.74) is 1.86. The van der Waals surface area contributed by atoms with Crippen LogP contribution in [-0.4, -0.2) is 24.0 Å². The van der Waals surface area contributed by atoms with E-state index in [2.05, 4.69) is 12.2 Å². The van der Waals surface area contributed by atoms with Crippen molar-refractivity contribution in [1.82, 2.24) is 10.2 Å². The van der Waals surface area contributed by atoms with Crippen LogP contribution in [0.1, 0.15) is 37.1 Å². The molecule has 4 rings (SSSR count). The average Bonchev–Trinajstić information content (AvgIpc) is 3.10. The van der Waals surface area contributed by atoms with Crippen LogP contribution in [0.5, 0.6) is 0 Å². The Balaban J connectivity index is 1.64. The van der Waals surface area contributed by atoms with Crippen molar-refractivity contribution in [2.75, 3.05) is 13.1 Å². The molecule has 3 aromatic rings. The van der Waals surface area contributed by atoms with Crippen LogP contribution in [0.2, 0.25) is 0 Å². The molecule has 2 amide bonds. The third-order valence-corrected chi connectivity index (χ3v) is 5.07. The normalized spacial score (nSPS) is 18.7. The molecule has 2 atom stereocenters. The van der Waals surface area contributed by atoms with E-state index in [1.165, 1.54) is 6.42 Å². The van der Waals surface area contributed by atoms with Crippen molar-refractivity contribution < 1.29 is 9.21 Å². The molecule has 0 saturated carbocycles. The molecule has 134 valence electrons. The number of urea groups is 1. The van der Waals surface area contributed by atoms with Gasteiger partial charge in [-0.05, 0) is 36.5 Å². The Morgan fingerprint density at radius 3 is 2.69 bits per heavy atom. The summed E-state index contributed by atoms with van der Waals surface area (Å²) in [6.07, 6.45) is 2.25. The monoisotopic (exact) mass is 348 g/mol. The third kappa shape index (κ3) is 3.45. The number of rotatable bonds is 3. The highest BCUT2D eigenvalue weighted by molar-refractivity contribution is 5.79. The van der Waals surface area contributed by atoms with Gasteiger partial charge >= 0.3 is 6.03 Å². The number of carbonyl (C=O) groups is 1. The Morgan fingerprint density at radius 2 is 1.92 bits per heavy atom. The molecule has 2 heterocycles. The lowest BCUT2D eigenvalue weighted by Gasteiger charge is -2.32. The molecule has 0 aliphatic carbocycles. The first-order chi connectivity index (χ1) is 12.7. The molecule has 26 heavy (non-hydrogen) atoms. The Labute approximate surface area is 153 Å². The van der Waals surface area contributed by atoms with Crippen molar-refractivity contribution in [2.24, 2.45) is 5.92 Å². The second kappa shape index (κ2) is 7.24. The fourth-order valence-corrected chi connectivity index (χ4v) is 3.70. The van der Waals surface area contributed by atoms with E-state index in [0.717, 1.165) is 41.8 Å². The van der Waals surface area contributed by atoms with E-state index in [9.17, 15) is 4.79 Å². The standard InChI is InChI=1S/C22H24N2O2/c1-16-8-7-13-24(15-16)22(25)23-21(17-9-3-2-4-10-17)20-14-18-11-5-6-12-19(18)26-20/h2-6,9-12,14,16,21H,7-8,13,15H2,1H3,(H,23,25)/t16-,21-/m0/s1. The second-order valence-electron chi connectivity index (χ2n) is 7.17. The van der Waals surface area contributed by atoms with Gasteiger partial charge in [0.1, 0.15) is 17.4 Å². The van der Waals surface area contributed by atoms with Crippen molar-refractivity contribution >= 4 is 17.0 Å². The van der Waals surface area contributed by atoms with Crippen LogP contribution in [0.15, 0.2) is 65.1 Å². The van der Waals surface area contributed by atoms with Gasteiger partial charge in [0.25, 0.3) is 0 Å². The maximum atomic E-state index is 12.9. The van der Waals surface area contributed by atoms with Crippen LogP contribution >= 0.6 is 0 Å². The highest BCUT2D eigenvalue weighted by atomic mass is 16.3. The molecule has 0 radical (unpaired) electrons. The van der Waals surface area contributed by atoms with Crippen LogP contribution in [0.4, 0.5) is 4.79 Å². The Bertz CT molecular complexity index is 854. The maximum absolute atomic E-state index is 12.9. The van der Waals surface area contributed by atoms with Gasteiger partial charge in [-0.1, -0.05) is 55.5 Å². The number of nitrogens with zero attached hydrogens (tertiary/aromatic N) is 1. The summed E-state index contributed by atoms with van der Waals surface area (Å²) in [5, 5.41) is 4.24.